The molecule has 0 spiro atoms. The predicted octanol–water partition coefficient (Wildman–Crippen LogP) is 7.47. The molecule has 2 aromatic heterocycles. The van der Waals surface area contributed by atoms with Gasteiger partial charge in [-0.15, -0.1) is 5.75 Å². The summed E-state index contributed by atoms with van der Waals surface area (Å²) < 4.78 is 0. The Balaban J connectivity index is 1.22. The number of nitrogens with two attached hydrogens (primary N) is 1. The van der Waals surface area contributed by atoms with Crippen molar-refractivity contribution in [2.45, 2.75) is 133 Å². The molecule has 0 unspecified atom stereocenters. The number of benzene rings is 1. The number of phenols is 1. The van der Waals surface area contributed by atoms with Gasteiger partial charge in [0.15, 0.2) is 0 Å². The van der Waals surface area contributed by atoms with E-state index in [1.807, 2.05) is 24.3 Å². The number of aliphatic carboxylic acids is 1. The number of hydrogen-bond donors (Lipinski definition) is 7. The number of aromatic hydroxyl groups is 1. The third-order valence-electron chi connectivity index (χ3n) is 13.2. The minimum absolute atomic E-state index is 0.108. The number of nitrogens with zero attached hydrogens (tertiary/aromatic N) is 1. The summed E-state index contributed by atoms with van der Waals surface area (Å²) in [6, 6.07) is 11.9. The van der Waals surface area contributed by atoms with Crippen LogP contribution in [0.2, 0.25) is 0 Å². The average Bonchev–Trinajstić information content (AvgIpc) is 3.74. The van der Waals surface area contributed by atoms with Crippen molar-refractivity contribution < 1.29 is 35.4 Å². The zero-order chi connectivity index (χ0) is 39.1. The lowest BCUT2D eigenvalue weighted by Crippen LogP contribution is -2.42. The molecule has 3 aliphatic rings. The summed E-state index contributed by atoms with van der Waals surface area (Å²) in [5.74, 6) is -1.80. The van der Waals surface area contributed by atoms with Crippen LogP contribution in [0.25, 0.3) is 11.3 Å². The van der Waals surface area contributed by atoms with Gasteiger partial charge in [0.25, 0.3) is 0 Å². The van der Waals surface area contributed by atoms with Crippen LogP contribution in [0.5, 0.6) is 11.5 Å². The van der Waals surface area contributed by atoms with E-state index < -0.39 is 23.6 Å². The lowest BCUT2D eigenvalue weighted by molar-refractivity contribution is -0.268. The van der Waals surface area contributed by atoms with Crippen molar-refractivity contribution in [3.8, 4) is 22.8 Å². The fourth-order valence-electron chi connectivity index (χ4n) is 10.5. The molecule has 0 amide bonds. The maximum Gasteiger partial charge on any atom is 0.309 e. The first-order valence-corrected chi connectivity index (χ1v) is 20.8. The number of hydrogen-bond acceptors (Lipinski definition) is 8. The number of aromatic nitrogens is 2. The first kappa shape index (κ1) is 40.8. The molecule has 55 heavy (non-hydrogen) atoms. The zero-order valence-corrected chi connectivity index (χ0v) is 32.4. The summed E-state index contributed by atoms with van der Waals surface area (Å²) in [4.78, 5) is 20.6. The SMILES string of the molecule is CCCCC[C@@H]1C=C[C@@H](CCCC[C@H]2CC[C@@H](c3ccc(-c4cc([O-])cc(O)c4)[nH]3)[C@@H]3C[C@H](Cc4ccnc(N)c4)C[C@@]3(O)CC[C@H](O)[C@H]2C(=O)O)[C@H](O)C1. The molecule has 10 heteroatoms. The molecule has 0 aliphatic heterocycles. The molecule has 10 nitrogen and oxygen atoms in total. The van der Waals surface area contributed by atoms with E-state index >= 15 is 0 Å². The van der Waals surface area contributed by atoms with Crippen molar-refractivity contribution in [1.82, 2.24) is 9.97 Å². The van der Waals surface area contributed by atoms with E-state index in [0.29, 0.717) is 48.7 Å². The number of anilines is 1. The second kappa shape index (κ2) is 18.4. The monoisotopic (exact) mass is 756 g/mol. The zero-order valence-electron chi connectivity index (χ0n) is 32.4. The maximum absolute atomic E-state index is 12.9. The molecule has 2 saturated carbocycles. The topological polar surface area (TPSA) is 196 Å². The van der Waals surface area contributed by atoms with Crippen LogP contribution < -0.4 is 10.8 Å². The number of carbonyl (C=O) groups is 1. The molecule has 8 N–H and O–H groups in total. The van der Waals surface area contributed by atoms with Crippen LogP contribution in [0.4, 0.5) is 5.82 Å². The van der Waals surface area contributed by atoms with E-state index in [2.05, 4.69) is 29.0 Å². The molecular formula is C45H62N3O7-. The highest BCUT2D eigenvalue weighted by molar-refractivity contribution is 5.71. The van der Waals surface area contributed by atoms with Crippen LogP contribution >= 0.6 is 0 Å². The predicted molar refractivity (Wildman–Crippen MR) is 212 cm³/mol. The second-order valence-corrected chi connectivity index (χ2v) is 17.2. The molecule has 0 bridgehead atoms. The molecule has 0 radical (unpaired) electrons. The third kappa shape index (κ3) is 10.3. The van der Waals surface area contributed by atoms with Crippen molar-refractivity contribution in [3.05, 3.63) is 72.1 Å². The molecule has 3 aliphatic carbocycles. The van der Waals surface area contributed by atoms with E-state index in [1.165, 1.54) is 31.4 Å². The normalized spacial score (nSPS) is 31.2. The van der Waals surface area contributed by atoms with Crippen LogP contribution in [0, 0.1) is 35.5 Å². The number of aliphatic hydroxyl groups excluding tert-OH is 2. The van der Waals surface area contributed by atoms with E-state index in [0.717, 1.165) is 56.2 Å². The quantitative estimate of drug-likeness (QED) is 0.0645. The molecule has 3 aromatic rings. The number of carboxylic acids is 1. The van der Waals surface area contributed by atoms with E-state index in [1.54, 1.807) is 12.3 Å². The number of allylic oxidation sites excluding steroid dienone is 1. The van der Waals surface area contributed by atoms with Crippen molar-refractivity contribution in [1.29, 1.82) is 0 Å². The van der Waals surface area contributed by atoms with Gasteiger partial charge in [-0.1, -0.05) is 57.2 Å². The highest BCUT2D eigenvalue weighted by Gasteiger charge is 2.51. The van der Waals surface area contributed by atoms with Crippen LogP contribution in [-0.2, 0) is 11.2 Å². The van der Waals surface area contributed by atoms with Crippen LogP contribution in [0.15, 0.2) is 60.8 Å². The molecule has 1 aromatic carbocycles. The van der Waals surface area contributed by atoms with Gasteiger partial charge in [0, 0.05) is 35.0 Å². The number of carboxylic acid groups (broad SMARTS) is 1. The van der Waals surface area contributed by atoms with Gasteiger partial charge in [-0.25, -0.2) is 4.98 Å². The molecule has 300 valence electrons. The second-order valence-electron chi connectivity index (χ2n) is 17.2. The van der Waals surface area contributed by atoms with Crippen LogP contribution in [0.1, 0.15) is 120 Å². The van der Waals surface area contributed by atoms with Crippen molar-refractivity contribution in [2.75, 3.05) is 5.73 Å². The maximum atomic E-state index is 12.9. The van der Waals surface area contributed by atoms with Gasteiger partial charge in [-0.3, -0.25) is 4.79 Å². The number of pyridine rings is 1. The standard InChI is InChI=1S/C45H63N3O7/c1-2-3-4-7-28-10-11-31(41(52)22-28)8-5-6-9-32-12-13-36(39-15-14-38(48-39)33-24-34(49)26-35(50)25-33)37-21-30(20-29-17-19-47-42(46)23-29)27-45(37,55)18-16-40(51)43(32)44(53)54/h10-11,14-15,17,19,23-26,28,30-32,36-37,40-41,43,48-52,55H,2-9,12-13,16,18,20-22,27H2,1H3,(H2,46,47)(H,53,54)/p-1/t28-,30+,31-,32+,36-,37+,40+,41-,43+,45+/m1/s1. The van der Waals surface area contributed by atoms with Gasteiger partial charge >= 0.3 is 5.97 Å². The summed E-state index contributed by atoms with van der Waals surface area (Å²) >= 11 is 0. The van der Waals surface area contributed by atoms with Gasteiger partial charge in [0.2, 0.25) is 0 Å². The minimum Gasteiger partial charge on any atom is -0.872 e. The lowest BCUT2D eigenvalue weighted by atomic mass is 9.69. The molecule has 2 heterocycles. The number of fused-ring (bicyclic) bond motifs is 1. The minimum atomic E-state index is -1.13. The Morgan fingerprint density at radius 3 is 2.51 bits per heavy atom. The van der Waals surface area contributed by atoms with Crippen LogP contribution in [-0.4, -0.2) is 59.3 Å². The Bertz CT molecular complexity index is 1720. The van der Waals surface area contributed by atoms with E-state index in [9.17, 15) is 35.4 Å². The number of phenolic OH excluding ortho intramolecular Hbond substituents is 1. The fourth-order valence-corrected chi connectivity index (χ4v) is 10.5. The first-order valence-electron chi connectivity index (χ1n) is 20.8. The fraction of sp³-hybridized carbons (Fsp3) is 0.600. The summed E-state index contributed by atoms with van der Waals surface area (Å²) in [5, 5.41) is 68.0. The number of unbranched alkanes of at least 4 members (excludes halogenated alkanes) is 3. The highest BCUT2D eigenvalue weighted by atomic mass is 16.4. The number of aliphatic hydroxyl groups is 3. The molecule has 2 fully saturated rings. The number of H-pyrrole nitrogens is 1. The number of rotatable bonds is 14. The largest absolute Gasteiger partial charge is 0.872 e. The van der Waals surface area contributed by atoms with Crippen molar-refractivity contribution >= 4 is 11.8 Å². The van der Waals surface area contributed by atoms with E-state index in [-0.39, 0.29) is 60.0 Å². The number of nitrogens with one attached hydrogen (secondary N) is 1. The van der Waals surface area contributed by atoms with Gasteiger partial charge < -0.3 is 41.4 Å². The molecular weight excluding hydrogens is 695 g/mol. The third-order valence-corrected chi connectivity index (χ3v) is 13.2. The van der Waals surface area contributed by atoms with Gasteiger partial charge in [-0.2, -0.15) is 0 Å². The summed E-state index contributed by atoms with van der Waals surface area (Å²) in [7, 11) is 0. The Morgan fingerprint density at radius 1 is 0.964 bits per heavy atom. The summed E-state index contributed by atoms with van der Waals surface area (Å²) in [6.45, 7) is 2.20. The number of nitrogen functional groups attached to an aromatic ring is 1. The molecule has 0 saturated heterocycles. The Morgan fingerprint density at radius 2 is 1.76 bits per heavy atom. The van der Waals surface area contributed by atoms with Gasteiger partial charge in [-0.05, 0) is 136 Å². The average molecular weight is 757 g/mol. The highest BCUT2D eigenvalue weighted by Crippen LogP contribution is 2.53. The Labute approximate surface area is 325 Å². The van der Waals surface area contributed by atoms with Gasteiger partial charge in [0.05, 0.1) is 23.7 Å². The van der Waals surface area contributed by atoms with E-state index in [4.69, 9.17) is 5.73 Å². The summed E-state index contributed by atoms with van der Waals surface area (Å²) in [6.07, 6.45) is 17.1. The van der Waals surface area contributed by atoms with Crippen molar-refractivity contribution in [3.63, 3.8) is 0 Å². The van der Waals surface area contributed by atoms with Gasteiger partial charge in [0.1, 0.15) is 11.6 Å². The number of aromatic amines is 1. The van der Waals surface area contributed by atoms with Crippen LogP contribution in [0.3, 0.4) is 0 Å². The summed E-state index contributed by atoms with van der Waals surface area (Å²) in [5.41, 5.74) is 8.09. The smallest absolute Gasteiger partial charge is 0.309 e. The first-order chi connectivity index (χ1) is 26.4. The molecule has 10 atom stereocenters. The lowest BCUT2D eigenvalue weighted by Gasteiger charge is -2.39. The Hall–Kier alpha value is -3.86. The molecule has 6 rings (SSSR count). The van der Waals surface area contributed by atoms with Crippen molar-refractivity contribution in [2.24, 2.45) is 35.5 Å². The Kier molecular flexibility index (Phi) is 13.6.